The van der Waals surface area contributed by atoms with Gasteiger partial charge in [-0.15, -0.1) is 0 Å². The topological polar surface area (TPSA) is 46.2 Å². The quantitative estimate of drug-likeness (QED) is 0.876. The van der Waals surface area contributed by atoms with Gasteiger partial charge in [-0.2, -0.15) is 0 Å². The van der Waals surface area contributed by atoms with Gasteiger partial charge in [-0.05, 0) is 37.0 Å². The number of benzene rings is 2. The van der Waals surface area contributed by atoms with Crippen LogP contribution in [0.15, 0.2) is 48.5 Å². The standard InChI is InChI=1S/C18H23NO/c1-14-8-9-15(2)16(10-14)11-18(12-19,13-20)17-6-4-3-5-7-17/h3-10,20H,11-13,19H2,1-2H3. The summed E-state index contributed by atoms with van der Waals surface area (Å²) in [6.07, 6.45) is 0.761. The van der Waals surface area contributed by atoms with E-state index in [1.54, 1.807) is 0 Å². The molecule has 0 saturated heterocycles. The van der Waals surface area contributed by atoms with Crippen molar-refractivity contribution in [3.63, 3.8) is 0 Å². The molecule has 2 heteroatoms. The normalized spacial score (nSPS) is 14.0. The van der Waals surface area contributed by atoms with Crippen molar-refractivity contribution in [3.8, 4) is 0 Å². The Hall–Kier alpha value is -1.64. The molecule has 0 aliphatic rings. The van der Waals surface area contributed by atoms with E-state index in [0.717, 1.165) is 12.0 Å². The summed E-state index contributed by atoms with van der Waals surface area (Å²) in [5.41, 5.74) is 10.5. The van der Waals surface area contributed by atoms with E-state index in [1.165, 1.54) is 16.7 Å². The molecule has 0 heterocycles. The van der Waals surface area contributed by atoms with E-state index < -0.39 is 5.41 Å². The molecule has 0 aliphatic heterocycles. The highest BCUT2D eigenvalue weighted by atomic mass is 16.3. The summed E-state index contributed by atoms with van der Waals surface area (Å²) in [5.74, 6) is 0. The molecule has 0 saturated carbocycles. The molecular formula is C18H23NO. The maximum atomic E-state index is 9.97. The van der Waals surface area contributed by atoms with E-state index in [0.29, 0.717) is 6.54 Å². The second-order valence-electron chi connectivity index (χ2n) is 5.62. The summed E-state index contributed by atoms with van der Waals surface area (Å²) in [6, 6.07) is 16.5. The van der Waals surface area contributed by atoms with Gasteiger partial charge < -0.3 is 10.8 Å². The Balaban J connectivity index is 2.42. The SMILES string of the molecule is Cc1ccc(C)c(CC(CN)(CO)c2ccccc2)c1. The molecule has 1 unspecified atom stereocenters. The number of aliphatic hydroxyl groups excluding tert-OH is 1. The summed E-state index contributed by atoms with van der Waals surface area (Å²) < 4.78 is 0. The van der Waals surface area contributed by atoms with Crippen LogP contribution in [0.2, 0.25) is 0 Å². The molecule has 0 radical (unpaired) electrons. The third-order valence-corrected chi connectivity index (χ3v) is 4.11. The Morgan fingerprint density at radius 1 is 1.05 bits per heavy atom. The second kappa shape index (κ2) is 6.21. The molecule has 106 valence electrons. The number of hydrogen-bond donors (Lipinski definition) is 2. The minimum absolute atomic E-state index is 0.0564. The van der Waals surface area contributed by atoms with E-state index in [4.69, 9.17) is 5.73 Å². The average molecular weight is 269 g/mol. The van der Waals surface area contributed by atoms with Crippen LogP contribution in [0.25, 0.3) is 0 Å². The Morgan fingerprint density at radius 2 is 1.75 bits per heavy atom. The molecule has 0 aromatic heterocycles. The van der Waals surface area contributed by atoms with Gasteiger partial charge in [-0.3, -0.25) is 0 Å². The predicted octanol–water partition coefficient (Wildman–Crippen LogP) is 2.73. The smallest absolute Gasteiger partial charge is 0.0543 e. The maximum absolute atomic E-state index is 9.97. The van der Waals surface area contributed by atoms with Gasteiger partial charge in [0.2, 0.25) is 0 Å². The van der Waals surface area contributed by atoms with Crippen LogP contribution < -0.4 is 5.73 Å². The summed E-state index contributed by atoms with van der Waals surface area (Å²) in [5, 5.41) is 9.97. The fourth-order valence-electron chi connectivity index (χ4n) is 2.65. The Morgan fingerprint density at radius 3 is 2.35 bits per heavy atom. The van der Waals surface area contributed by atoms with Crippen LogP contribution >= 0.6 is 0 Å². The van der Waals surface area contributed by atoms with E-state index in [-0.39, 0.29) is 6.61 Å². The van der Waals surface area contributed by atoms with Crippen molar-refractivity contribution >= 4 is 0 Å². The molecule has 20 heavy (non-hydrogen) atoms. The fourth-order valence-corrected chi connectivity index (χ4v) is 2.65. The molecule has 2 nitrogen and oxygen atoms in total. The summed E-state index contributed by atoms with van der Waals surface area (Å²) in [6.45, 7) is 4.69. The lowest BCUT2D eigenvalue weighted by atomic mass is 9.75. The van der Waals surface area contributed by atoms with Crippen LogP contribution in [0.4, 0.5) is 0 Å². The molecule has 0 amide bonds. The lowest BCUT2D eigenvalue weighted by Gasteiger charge is -2.32. The Bertz CT molecular complexity index is 559. The van der Waals surface area contributed by atoms with Crippen molar-refractivity contribution in [2.45, 2.75) is 25.7 Å². The first-order valence-corrected chi connectivity index (χ1v) is 7.04. The molecule has 0 bridgehead atoms. The molecule has 3 N–H and O–H groups in total. The van der Waals surface area contributed by atoms with Crippen LogP contribution in [0.5, 0.6) is 0 Å². The molecule has 2 rings (SSSR count). The molecule has 1 atom stereocenters. The van der Waals surface area contributed by atoms with E-state index in [2.05, 4.69) is 32.0 Å². The van der Waals surface area contributed by atoms with Gasteiger partial charge in [0.1, 0.15) is 0 Å². The number of hydrogen-bond acceptors (Lipinski definition) is 2. The third-order valence-electron chi connectivity index (χ3n) is 4.11. The van der Waals surface area contributed by atoms with Gasteiger partial charge in [0, 0.05) is 12.0 Å². The monoisotopic (exact) mass is 269 g/mol. The largest absolute Gasteiger partial charge is 0.395 e. The van der Waals surface area contributed by atoms with Crippen LogP contribution in [-0.2, 0) is 11.8 Å². The van der Waals surface area contributed by atoms with Crippen LogP contribution in [-0.4, -0.2) is 18.3 Å². The number of nitrogens with two attached hydrogens (primary N) is 1. The zero-order chi connectivity index (χ0) is 14.6. The van der Waals surface area contributed by atoms with Crippen molar-refractivity contribution < 1.29 is 5.11 Å². The Labute approximate surface area is 121 Å². The molecule has 0 fully saturated rings. The van der Waals surface area contributed by atoms with E-state index in [1.807, 2.05) is 30.3 Å². The van der Waals surface area contributed by atoms with E-state index >= 15 is 0 Å². The van der Waals surface area contributed by atoms with Gasteiger partial charge in [0.15, 0.2) is 0 Å². The lowest BCUT2D eigenvalue weighted by Crippen LogP contribution is -2.41. The van der Waals surface area contributed by atoms with Gasteiger partial charge >= 0.3 is 0 Å². The van der Waals surface area contributed by atoms with Crippen molar-refractivity contribution in [1.82, 2.24) is 0 Å². The maximum Gasteiger partial charge on any atom is 0.0543 e. The average Bonchev–Trinajstić information content (AvgIpc) is 2.49. The van der Waals surface area contributed by atoms with Gasteiger partial charge in [0.05, 0.1) is 6.61 Å². The highest BCUT2D eigenvalue weighted by Gasteiger charge is 2.30. The van der Waals surface area contributed by atoms with Crippen LogP contribution in [0, 0.1) is 13.8 Å². The molecule has 0 aliphatic carbocycles. The number of aryl methyl sites for hydroxylation is 2. The van der Waals surface area contributed by atoms with Crippen molar-refractivity contribution in [2.24, 2.45) is 5.73 Å². The highest BCUT2D eigenvalue weighted by Crippen LogP contribution is 2.29. The second-order valence-corrected chi connectivity index (χ2v) is 5.62. The predicted molar refractivity (Wildman–Crippen MR) is 83.9 cm³/mol. The molecule has 2 aromatic carbocycles. The van der Waals surface area contributed by atoms with Crippen molar-refractivity contribution in [1.29, 1.82) is 0 Å². The van der Waals surface area contributed by atoms with Gasteiger partial charge in [0.25, 0.3) is 0 Å². The number of aliphatic hydroxyl groups is 1. The van der Waals surface area contributed by atoms with Crippen LogP contribution in [0.3, 0.4) is 0 Å². The first-order chi connectivity index (χ1) is 9.61. The van der Waals surface area contributed by atoms with Gasteiger partial charge in [-0.25, -0.2) is 0 Å². The molecule has 0 spiro atoms. The van der Waals surface area contributed by atoms with Crippen LogP contribution in [0.1, 0.15) is 22.3 Å². The van der Waals surface area contributed by atoms with Gasteiger partial charge in [-0.1, -0.05) is 54.1 Å². The minimum atomic E-state index is -0.403. The fraction of sp³-hybridized carbons (Fsp3) is 0.333. The van der Waals surface area contributed by atoms with Crippen molar-refractivity contribution in [3.05, 3.63) is 70.8 Å². The molecule has 2 aromatic rings. The lowest BCUT2D eigenvalue weighted by molar-refractivity contribution is 0.196. The first kappa shape index (κ1) is 14.8. The van der Waals surface area contributed by atoms with E-state index in [9.17, 15) is 5.11 Å². The zero-order valence-corrected chi connectivity index (χ0v) is 12.3. The number of rotatable bonds is 5. The zero-order valence-electron chi connectivity index (χ0n) is 12.3. The summed E-state index contributed by atoms with van der Waals surface area (Å²) in [7, 11) is 0. The third kappa shape index (κ3) is 2.92. The minimum Gasteiger partial charge on any atom is -0.395 e. The summed E-state index contributed by atoms with van der Waals surface area (Å²) >= 11 is 0. The van der Waals surface area contributed by atoms with Crippen molar-refractivity contribution in [2.75, 3.05) is 13.2 Å². The first-order valence-electron chi connectivity index (χ1n) is 7.04. The Kier molecular flexibility index (Phi) is 4.58. The summed E-state index contributed by atoms with van der Waals surface area (Å²) in [4.78, 5) is 0. The highest BCUT2D eigenvalue weighted by molar-refractivity contribution is 5.36. The molecular weight excluding hydrogens is 246 g/mol.